The van der Waals surface area contributed by atoms with E-state index in [0.29, 0.717) is 11.4 Å². The quantitative estimate of drug-likeness (QED) is 0.542. The molecule has 0 saturated heterocycles. The van der Waals surface area contributed by atoms with Gasteiger partial charge in [-0.25, -0.2) is 8.42 Å². The minimum atomic E-state index is -4.06. The Morgan fingerprint density at radius 2 is 1.73 bits per heavy atom. The molecule has 0 unspecified atom stereocenters. The summed E-state index contributed by atoms with van der Waals surface area (Å²) in [4.78, 5) is 23.8. The van der Waals surface area contributed by atoms with Gasteiger partial charge in [-0.1, -0.05) is 34.8 Å². The number of anilines is 1. The Balaban J connectivity index is 1.91. The van der Waals surface area contributed by atoms with Gasteiger partial charge in [0.05, 0.1) is 27.1 Å². The topological polar surface area (TPSA) is 111 Å². The van der Waals surface area contributed by atoms with Gasteiger partial charge in [-0.05, 0) is 43.3 Å². The van der Waals surface area contributed by atoms with Gasteiger partial charge in [0.1, 0.15) is 11.8 Å². The van der Waals surface area contributed by atoms with Crippen LogP contribution in [0.5, 0.6) is 5.75 Å². The van der Waals surface area contributed by atoms with Crippen molar-refractivity contribution < 1.29 is 27.5 Å². The van der Waals surface area contributed by atoms with Gasteiger partial charge in [0.25, 0.3) is 5.91 Å². The summed E-state index contributed by atoms with van der Waals surface area (Å²) in [6.45, 7) is 0.653. The van der Waals surface area contributed by atoms with Crippen molar-refractivity contribution in [1.82, 2.24) is 4.72 Å². The molecule has 0 bridgehead atoms. The number of esters is 1. The monoisotopic (exact) mass is 494 g/mol. The van der Waals surface area contributed by atoms with Crippen LogP contribution in [-0.2, 0) is 24.3 Å². The van der Waals surface area contributed by atoms with Crippen LogP contribution in [0.25, 0.3) is 0 Å². The standard InChI is InChI=1S/C18H17Cl3N2O6S/c1-10(23-30(26,27)12-4-5-13(19)14(20)8-12)18(25)29-9-17(24)22-11-3-6-16(28-2)15(21)7-11/h3-8,10,23H,9H2,1-2H3,(H,22,24)/t10-/m1/s1. The molecule has 12 heteroatoms. The summed E-state index contributed by atoms with van der Waals surface area (Å²) in [5, 5.41) is 3.02. The molecule has 2 aromatic carbocycles. The highest BCUT2D eigenvalue weighted by molar-refractivity contribution is 7.89. The SMILES string of the molecule is COc1ccc(NC(=O)COC(=O)[C@@H](C)NS(=O)(=O)c2ccc(Cl)c(Cl)c2)cc1Cl. The molecule has 0 aliphatic rings. The molecule has 0 spiro atoms. The van der Waals surface area contributed by atoms with Gasteiger partial charge in [-0.2, -0.15) is 4.72 Å². The molecule has 1 atom stereocenters. The molecule has 0 aliphatic carbocycles. The van der Waals surface area contributed by atoms with Crippen molar-refractivity contribution in [3.8, 4) is 5.75 Å². The zero-order valence-electron chi connectivity index (χ0n) is 15.7. The summed E-state index contributed by atoms with van der Waals surface area (Å²) in [5.41, 5.74) is 0.371. The maximum atomic E-state index is 12.4. The average molecular weight is 496 g/mol. The lowest BCUT2D eigenvalue weighted by Gasteiger charge is -2.14. The number of sulfonamides is 1. The normalized spacial score (nSPS) is 12.2. The first-order valence-corrected chi connectivity index (χ1v) is 10.9. The Hall–Kier alpha value is -2.04. The Bertz CT molecular complexity index is 1060. The minimum Gasteiger partial charge on any atom is -0.495 e. The van der Waals surface area contributed by atoms with Crippen molar-refractivity contribution >= 4 is 62.4 Å². The Morgan fingerprint density at radius 3 is 2.33 bits per heavy atom. The molecule has 2 rings (SSSR count). The summed E-state index contributed by atoms with van der Waals surface area (Å²) in [6.07, 6.45) is 0. The number of rotatable bonds is 8. The number of benzene rings is 2. The molecular formula is C18H17Cl3N2O6S. The summed E-state index contributed by atoms with van der Waals surface area (Å²) in [5.74, 6) is -1.14. The molecule has 8 nitrogen and oxygen atoms in total. The van der Waals surface area contributed by atoms with Crippen molar-refractivity contribution in [2.45, 2.75) is 17.9 Å². The maximum absolute atomic E-state index is 12.4. The molecule has 0 heterocycles. The number of nitrogens with one attached hydrogen (secondary N) is 2. The molecule has 0 aliphatic heterocycles. The predicted octanol–water partition coefficient (Wildman–Crippen LogP) is 3.50. The van der Waals surface area contributed by atoms with Crippen LogP contribution in [0.2, 0.25) is 15.1 Å². The number of carbonyl (C=O) groups excluding carboxylic acids is 2. The molecule has 30 heavy (non-hydrogen) atoms. The van der Waals surface area contributed by atoms with Gasteiger partial charge in [-0.3, -0.25) is 9.59 Å². The highest BCUT2D eigenvalue weighted by atomic mass is 35.5. The largest absolute Gasteiger partial charge is 0.495 e. The molecule has 0 fully saturated rings. The van der Waals surface area contributed by atoms with Crippen molar-refractivity contribution in [3.63, 3.8) is 0 Å². The molecular weight excluding hydrogens is 479 g/mol. The Morgan fingerprint density at radius 1 is 1.03 bits per heavy atom. The van der Waals surface area contributed by atoms with Crippen LogP contribution in [0.15, 0.2) is 41.3 Å². The number of ether oxygens (including phenoxy) is 2. The Kier molecular flexibility index (Phi) is 8.34. The highest BCUT2D eigenvalue weighted by Gasteiger charge is 2.24. The van der Waals surface area contributed by atoms with Crippen molar-refractivity contribution in [1.29, 1.82) is 0 Å². The highest BCUT2D eigenvalue weighted by Crippen LogP contribution is 2.27. The number of hydrogen-bond donors (Lipinski definition) is 2. The fourth-order valence-corrected chi connectivity index (χ4v) is 4.03. The fraction of sp³-hybridized carbons (Fsp3) is 0.222. The van der Waals surface area contributed by atoms with E-state index in [1.54, 1.807) is 12.1 Å². The first kappa shape index (κ1) is 24.2. The van der Waals surface area contributed by atoms with Crippen molar-refractivity contribution in [2.24, 2.45) is 0 Å². The van der Waals surface area contributed by atoms with E-state index in [0.717, 1.165) is 6.07 Å². The first-order chi connectivity index (χ1) is 14.0. The summed E-state index contributed by atoms with van der Waals surface area (Å²) in [6, 6.07) is 7.03. The fourth-order valence-electron chi connectivity index (χ4n) is 2.20. The number of methoxy groups -OCH3 is 1. The van der Waals surface area contributed by atoms with Gasteiger partial charge in [-0.15, -0.1) is 0 Å². The predicted molar refractivity (Wildman–Crippen MR) is 114 cm³/mol. The molecule has 0 radical (unpaired) electrons. The van der Waals surface area contributed by atoms with E-state index in [2.05, 4.69) is 10.0 Å². The van der Waals surface area contributed by atoms with E-state index in [-0.39, 0.29) is 20.0 Å². The second-order valence-corrected chi connectivity index (χ2v) is 8.86. The van der Waals surface area contributed by atoms with Gasteiger partial charge in [0, 0.05) is 5.69 Å². The lowest BCUT2D eigenvalue weighted by Crippen LogP contribution is -2.40. The van der Waals surface area contributed by atoms with E-state index in [1.807, 2.05) is 0 Å². The lowest BCUT2D eigenvalue weighted by molar-refractivity contribution is -0.148. The smallest absolute Gasteiger partial charge is 0.324 e. The van der Waals surface area contributed by atoms with Crippen LogP contribution in [0, 0.1) is 0 Å². The van der Waals surface area contributed by atoms with Crippen LogP contribution in [0.3, 0.4) is 0 Å². The van der Waals surface area contributed by atoms with Gasteiger partial charge < -0.3 is 14.8 Å². The second-order valence-electron chi connectivity index (χ2n) is 5.92. The molecule has 1 amide bonds. The van der Waals surface area contributed by atoms with Crippen LogP contribution in [-0.4, -0.2) is 40.1 Å². The zero-order valence-corrected chi connectivity index (χ0v) is 18.8. The minimum absolute atomic E-state index is 0.0464. The van der Waals surface area contributed by atoms with E-state index in [4.69, 9.17) is 44.3 Å². The first-order valence-electron chi connectivity index (χ1n) is 8.31. The van der Waals surface area contributed by atoms with Crippen LogP contribution in [0.4, 0.5) is 5.69 Å². The van der Waals surface area contributed by atoms with Crippen LogP contribution in [0.1, 0.15) is 6.92 Å². The molecule has 2 N–H and O–H groups in total. The number of carbonyl (C=O) groups is 2. The third kappa shape index (κ3) is 6.48. The summed E-state index contributed by atoms with van der Waals surface area (Å²) in [7, 11) is -2.61. The zero-order chi connectivity index (χ0) is 22.5. The number of hydrogen-bond acceptors (Lipinski definition) is 6. The van der Waals surface area contributed by atoms with Gasteiger partial charge >= 0.3 is 5.97 Å². The Labute approximate surface area is 188 Å². The molecule has 2 aromatic rings. The third-order valence-electron chi connectivity index (χ3n) is 3.67. The summed E-state index contributed by atoms with van der Waals surface area (Å²) >= 11 is 17.6. The van der Waals surface area contributed by atoms with Crippen LogP contribution >= 0.6 is 34.8 Å². The van der Waals surface area contributed by atoms with Crippen molar-refractivity contribution in [2.75, 3.05) is 19.0 Å². The van der Waals surface area contributed by atoms with E-state index >= 15 is 0 Å². The van der Waals surface area contributed by atoms with E-state index < -0.39 is 34.5 Å². The molecule has 0 aromatic heterocycles. The second kappa shape index (κ2) is 10.3. The third-order valence-corrected chi connectivity index (χ3v) is 6.24. The average Bonchev–Trinajstić information content (AvgIpc) is 2.67. The van der Waals surface area contributed by atoms with E-state index in [1.165, 1.54) is 32.2 Å². The van der Waals surface area contributed by atoms with Gasteiger partial charge in [0.15, 0.2) is 6.61 Å². The molecule has 0 saturated carbocycles. The maximum Gasteiger partial charge on any atom is 0.324 e. The van der Waals surface area contributed by atoms with Gasteiger partial charge in [0.2, 0.25) is 10.0 Å². The van der Waals surface area contributed by atoms with E-state index in [9.17, 15) is 18.0 Å². The number of halogens is 3. The number of amides is 1. The molecule has 162 valence electrons. The van der Waals surface area contributed by atoms with Crippen molar-refractivity contribution in [3.05, 3.63) is 51.5 Å². The summed E-state index contributed by atoms with van der Waals surface area (Å²) < 4.78 is 36.7. The van der Waals surface area contributed by atoms with Crippen LogP contribution < -0.4 is 14.8 Å². The lowest BCUT2D eigenvalue weighted by atomic mass is 10.3.